The average Bonchev–Trinajstić information content (AvgIpc) is 3.09. The molecule has 130 valence electrons. The van der Waals surface area contributed by atoms with Gasteiger partial charge < -0.3 is 15.2 Å². The summed E-state index contributed by atoms with van der Waals surface area (Å²) in [6, 6.07) is 7.35. The number of anilines is 1. The van der Waals surface area contributed by atoms with Crippen LogP contribution in [0.15, 0.2) is 24.3 Å². The summed E-state index contributed by atoms with van der Waals surface area (Å²) >= 11 is 0. The van der Waals surface area contributed by atoms with Crippen molar-refractivity contribution in [3.8, 4) is 0 Å². The van der Waals surface area contributed by atoms with Crippen LogP contribution in [0.1, 0.15) is 19.5 Å². The number of urea groups is 1. The van der Waals surface area contributed by atoms with Crippen LogP contribution in [-0.2, 0) is 9.59 Å². The first-order chi connectivity index (χ1) is 11.7. The molecule has 0 saturated carbocycles. The molecular weight excluding hydrogens is 320 g/mol. The van der Waals surface area contributed by atoms with Crippen molar-refractivity contribution >= 4 is 34.4 Å². The molecule has 2 atom stereocenters. The number of hydrogen-bond donors (Lipinski definition) is 3. The van der Waals surface area contributed by atoms with Crippen LogP contribution in [0.5, 0.6) is 0 Å². The van der Waals surface area contributed by atoms with E-state index in [1.54, 1.807) is 18.7 Å². The molecule has 2 unspecified atom stereocenters. The summed E-state index contributed by atoms with van der Waals surface area (Å²) in [6.07, 6.45) is 0. The number of imide groups is 1. The van der Waals surface area contributed by atoms with Gasteiger partial charge >= 0.3 is 6.03 Å². The molecule has 7 nitrogen and oxygen atoms in total. The molecular formula is C18H20N4O3. The van der Waals surface area contributed by atoms with Gasteiger partial charge in [-0.1, -0.05) is 0 Å². The molecule has 2 aromatic rings. The van der Waals surface area contributed by atoms with Crippen LogP contribution in [0.3, 0.4) is 0 Å². The Kier molecular flexibility index (Phi) is 3.04. The number of benzene rings is 1. The molecule has 4 rings (SSSR count). The number of rotatable bonds is 1. The van der Waals surface area contributed by atoms with Crippen LogP contribution in [0.2, 0.25) is 0 Å². The molecule has 0 spiro atoms. The molecule has 1 aromatic heterocycles. The lowest BCUT2D eigenvalue weighted by atomic mass is 9.70. The van der Waals surface area contributed by atoms with Crippen LogP contribution in [0.25, 0.3) is 10.9 Å². The fourth-order valence-corrected chi connectivity index (χ4v) is 3.89. The maximum Gasteiger partial charge on any atom is 0.321 e. The van der Waals surface area contributed by atoms with Gasteiger partial charge in [0.15, 0.2) is 0 Å². The highest BCUT2D eigenvalue weighted by atomic mass is 16.2. The van der Waals surface area contributed by atoms with Gasteiger partial charge in [-0.2, -0.15) is 0 Å². The number of nitrogens with one attached hydrogen (secondary N) is 3. The van der Waals surface area contributed by atoms with Gasteiger partial charge in [-0.25, -0.2) is 4.79 Å². The molecule has 2 fully saturated rings. The zero-order valence-corrected chi connectivity index (χ0v) is 14.4. The molecule has 7 heteroatoms. The Labute approximate surface area is 144 Å². The number of likely N-dealkylation sites (tertiary alicyclic amines) is 1. The van der Waals surface area contributed by atoms with Gasteiger partial charge in [0.25, 0.3) is 0 Å². The third-order valence-corrected chi connectivity index (χ3v) is 5.76. The molecule has 0 aliphatic carbocycles. The molecule has 0 bridgehead atoms. The van der Waals surface area contributed by atoms with E-state index in [-0.39, 0.29) is 30.9 Å². The Bertz CT molecular complexity index is 906. The molecule has 2 aliphatic rings. The van der Waals surface area contributed by atoms with E-state index in [2.05, 4.69) is 15.6 Å². The molecule has 1 aromatic carbocycles. The lowest BCUT2D eigenvalue weighted by Crippen LogP contribution is -2.40. The van der Waals surface area contributed by atoms with E-state index >= 15 is 0 Å². The molecule has 2 aliphatic heterocycles. The van der Waals surface area contributed by atoms with Crippen molar-refractivity contribution in [2.24, 2.45) is 10.8 Å². The normalized spacial score (nSPS) is 28.4. The lowest BCUT2D eigenvalue weighted by molar-refractivity contribution is -0.128. The van der Waals surface area contributed by atoms with Crippen LogP contribution in [-0.4, -0.2) is 40.8 Å². The van der Waals surface area contributed by atoms with Crippen molar-refractivity contribution in [1.82, 2.24) is 15.2 Å². The monoisotopic (exact) mass is 340 g/mol. The fourth-order valence-electron chi connectivity index (χ4n) is 3.89. The summed E-state index contributed by atoms with van der Waals surface area (Å²) in [6.45, 7) is 5.91. The van der Waals surface area contributed by atoms with E-state index in [1.165, 1.54) is 0 Å². The second-order valence-electron chi connectivity index (χ2n) is 7.49. The third-order valence-electron chi connectivity index (χ3n) is 5.76. The lowest BCUT2D eigenvalue weighted by Gasteiger charge is -2.25. The first-order valence-corrected chi connectivity index (χ1v) is 8.24. The number of H-pyrrole nitrogens is 1. The largest absolute Gasteiger partial charge is 0.359 e. The highest BCUT2D eigenvalue weighted by molar-refractivity contribution is 6.11. The van der Waals surface area contributed by atoms with E-state index in [1.807, 2.05) is 31.2 Å². The van der Waals surface area contributed by atoms with Gasteiger partial charge in [0.2, 0.25) is 11.8 Å². The number of aromatic amines is 1. The minimum atomic E-state index is -0.886. The third kappa shape index (κ3) is 2.08. The number of aromatic nitrogens is 1. The maximum absolute atomic E-state index is 12.6. The predicted octanol–water partition coefficient (Wildman–Crippen LogP) is 1.99. The molecule has 3 N–H and O–H groups in total. The Morgan fingerprint density at radius 1 is 1.12 bits per heavy atom. The van der Waals surface area contributed by atoms with E-state index < -0.39 is 10.8 Å². The van der Waals surface area contributed by atoms with Gasteiger partial charge in [0.1, 0.15) is 0 Å². The van der Waals surface area contributed by atoms with Gasteiger partial charge in [0.05, 0.1) is 10.8 Å². The fraction of sp³-hybridized carbons (Fsp3) is 0.389. The quantitative estimate of drug-likeness (QED) is 0.693. The van der Waals surface area contributed by atoms with Gasteiger partial charge in [-0.05, 0) is 45.0 Å². The maximum atomic E-state index is 12.6. The zero-order valence-electron chi connectivity index (χ0n) is 14.4. The Balaban J connectivity index is 1.55. The molecule has 25 heavy (non-hydrogen) atoms. The van der Waals surface area contributed by atoms with Crippen LogP contribution in [0.4, 0.5) is 10.5 Å². The van der Waals surface area contributed by atoms with E-state index in [0.29, 0.717) is 5.69 Å². The predicted molar refractivity (Wildman–Crippen MR) is 93.0 cm³/mol. The van der Waals surface area contributed by atoms with Gasteiger partial charge in [0, 0.05) is 35.4 Å². The van der Waals surface area contributed by atoms with Crippen molar-refractivity contribution in [1.29, 1.82) is 0 Å². The number of fused-ring (bicyclic) bond motifs is 2. The smallest absolute Gasteiger partial charge is 0.321 e. The number of aryl methyl sites for hydroxylation is 1. The minimum absolute atomic E-state index is 0.221. The van der Waals surface area contributed by atoms with Gasteiger partial charge in [-0.3, -0.25) is 14.9 Å². The Hall–Kier alpha value is -2.83. The highest BCUT2D eigenvalue weighted by Gasteiger charge is 2.66. The minimum Gasteiger partial charge on any atom is -0.359 e. The average molecular weight is 340 g/mol. The zero-order chi connectivity index (χ0) is 18.0. The Morgan fingerprint density at radius 3 is 2.40 bits per heavy atom. The summed E-state index contributed by atoms with van der Waals surface area (Å²) < 4.78 is 0. The summed E-state index contributed by atoms with van der Waals surface area (Å²) in [5, 5.41) is 6.28. The van der Waals surface area contributed by atoms with Crippen LogP contribution in [0, 0.1) is 17.8 Å². The first-order valence-electron chi connectivity index (χ1n) is 8.24. The van der Waals surface area contributed by atoms with Crippen LogP contribution >= 0.6 is 0 Å². The van der Waals surface area contributed by atoms with E-state index in [4.69, 9.17) is 0 Å². The summed E-state index contributed by atoms with van der Waals surface area (Å²) in [4.78, 5) is 41.8. The first kappa shape index (κ1) is 15.7. The van der Waals surface area contributed by atoms with Crippen molar-refractivity contribution in [3.63, 3.8) is 0 Å². The van der Waals surface area contributed by atoms with Crippen molar-refractivity contribution in [3.05, 3.63) is 30.0 Å². The topological polar surface area (TPSA) is 94.3 Å². The molecule has 2 saturated heterocycles. The number of amides is 4. The number of hydrogen-bond acceptors (Lipinski definition) is 3. The van der Waals surface area contributed by atoms with Crippen molar-refractivity contribution < 1.29 is 14.4 Å². The summed E-state index contributed by atoms with van der Waals surface area (Å²) in [5.41, 5.74) is 0.969. The number of carbonyl (C=O) groups is 3. The summed E-state index contributed by atoms with van der Waals surface area (Å²) in [7, 11) is 0. The SMILES string of the molecule is Cc1cc2cc(NC(=O)N3CC4(C)C(=O)NC(=O)C4(C)C3)ccc2[nH]1. The highest BCUT2D eigenvalue weighted by Crippen LogP contribution is 2.49. The molecule has 4 amide bonds. The van der Waals surface area contributed by atoms with Crippen molar-refractivity contribution in [2.75, 3.05) is 18.4 Å². The second kappa shape index (κ2) is 4.84. The van der Waals surface area contributed by atoms with Crippen LogP contribution < -0.4 is 10.6 Å². The standard InChI is InChI=1S/C18H20N4O3/c1-10-6-11-7-12(4-5-13(11)19-10)20-16(25)22-8-17(2)14(23)21-15(24)18(17,3)9-22/h4-7,19H,8-9H2,1-3H3,(H,20,25)(H,21,23,24). The van der Waals surface area contributed by atoms with E-state index in [0.717, 1.165) is 16.6 Å². The molecule has 0 radical (unpaired) electrons. The van der Waals surface area contributed by atoms with Crippen molar-refractivity contribution in [2.45, 2.75) is 20.8 Å². The molecule has 3 heterocycles. The summed E-state index contributed by atoms with van der Waals surface area (Å²) in [5.74, 6) is -0.612. The Morgan fingerprint density at radius 2 is 1.76 bits per heavy atom. The van der Waals surface area contributed by atoms with Gasteiger partial charge in [-0.15, -0.1) is 0 Å². The number of nitrogens with zero attached hydrogens (tertiary/aromatic N) is 1. The second-order valence-corrected chi connectivity index (χ2v) is 7.49. The van der Waals surface area contributed by atoms with E-state index in [9.17, 15) is 14.4 Å². The number of carbonyl (C=O) groups excluding carboxylic acids is 3.